The van der Waals surface area contributed by atoms with E-state index in [0.29, 0.717) is 5.69 Å². The normalized spacial score (nSPS) is 18.6. The first kappa shape index (κ1) is 12.0. The van der Waals surface area contributed by atoms with Crippen LogP contribution in [-0.4, -0.2) is 21.8 Å². The monoisotopic (exact) mass is 302 g/mol. The van der Waals surface area contributed by atoms with Crippen LogP contribution in [0.25, 0.3) is 0 Å². The lowest BCUT2D eigenvalue weighted by Gasteiger charge is -2.27. The summed E-state index contributed by atoms with van der Waals surface area (Å²) in [5, 5.41) is 6.71. The number of amides is 1. The van der Waals surface area contributed by atoms with E-state index in [0.717, 1.165) is 23.2 Å². The van der Waals surface area contributed by atoms with E-state index in [1.54, 1.807) is 0 Å². The number of nitrogens with one attached hydrogen (secondary N) is 1. The molecule has 0 aliphatic heterocycles. The van der Waals surface area contributed by atoms with E-state index in [9.17, 15) is 4.79 Å². The number of rotatable bonds is 3. The second kappa shape index (κ2) is 4.84. The Kier molecular flexibility index (Phi) is 3.64. The van der Waals surface area contributed by atoms with Gasteiger partial charge in [-0.2, -0.15) is 0 Å². The van der Waals surface area contributed by atoms with Crippen molar-refractivity contribution >= 4 is 33.2 Å². The van der Waals surface area contributed by atoms with Crippen molar-refractivity contribution in [2.45, 2.75) is 38.1 Å². The number of thiazole rings is 1. The van der Waals surface area contributed by atoms with Gasteiger partial charge in [0.05, 0.1) is 10.5 Å². The second-order valence-electron chi connectivity index (χ2n) is 4.33. The Hall–Kier alpha value is -0.420. The van der Waals surface area contributed by atoms with Gasteiger partial charge in [-0.05, 0) is 19.8 Å². The zero-order valence-electron chi connectivity index (χ0n) is 9.25. The highest BCUT2D eigenvalue weighted by Crippen LogP contribution is 2.31. The molecule has 0 saturated heterocycles. The predicted molar refractivity (Wildman–Crippen MR) is 69.3 cm³/mol. The van der Waals surface area contributed by atoms with E-state index >= 15 is 0 Å². The van der Waals surface area contributed by atoms with Crippen molar-refractivity contribution in [2.24, 2.45) is 0 Å². The van der Waals surface area contributed by atoms with Gasteiger partial charge >= 0.3 is 0 Å². The van der Waals surface area contributed by atoms with Crippen LogP contribution in [0.1, 0.15) is 41.2 Å². The molecule has 0 bridgehead atoms. The predicted octanol–water partition coefficient (Wildman–Crippen LogP) is 2.89. The van der Waals surface area contributed by atoms with Crippen molar-refractivity contribution in [2.75, 3.05) is 5.33 Å². The third-order valence-electron chi connectivity index (χ3n) is 3.05. The molecule has 3 nitrogen and oxygen atoms in total. The Bertz CT molecular complexity index is 385. The third kappa shape index (κ3) is 2.46. The van der Waals surface area contributed by atoms with Gasteiger partial charge in [-0.3, -0.25) is 4.79 Å². The molecule has 0 spiro atoms. The van der Waals surface area contributed by atoms with Gasteiger partial charge in [-0.1, -0.05) is 28.8 Å². The van der Waals surface area contributed by atoms with Gasteiger partial charge in [-0.15, -0.1) is 11.3 Å². The van der Waals surface area contributed by atoms with Crippen LogP contribution in [0.5, 0.6) is 0 Å². The number of alkyl halides is 1. The molecule has 0 atom stereocenters. The Morgan fingerprint density at radius 2 is 2.31 bits per heavy atom. The summed E-state index contributed by atoms with van der Waals surface area (Å²) >= 11 is 5.02. The van der Waals surface area contributed by atoms with Crippen molar-refractivity contribution in [3.05, 3.63) is 16.1 Å². The fourth-order valence-electron chi connectivity index (χ4n) is 2.12. The Morgan fingerprint density at radius 3 is 2.81 bits per heavy atom. The molecule has 1 saturated carbocycles. The highest BCUT2D eigenvalue weighted by atomic mass is 79.9. The molecule has 88 valence electrons. The summed E-state index contributed by atoms with van der Waals surface area (Å²) in [5.41, 5.74) is 0.504. The number of aryl methyl sites for hydroxylation is 1. The van der Waals surface area contributed by atoms with Gasteiger partial charge in [0.1, 0.15) is 5.69 Å². The number of aromatic nitrogens is 1. The lowest BCUT2D eigenvalue weighted by Crippen LogP contribution is -2.47. The fraction of sp³-hybridized carbons (Fsp3) is 0.636. The molecule has 0 aromatic carbocycles. The number of nitrogens with zero attached hydrogens (tertiary/aromatic N) is 1. The van der Waals surface area contributed by atoms with Gasteiger partial charge in [0, 0.05) is 10.7 Å². The summed E-state index contributed by atoms with van der Waals surface area (Å²) in [7, 11) is 0. The molecule has 1 heterocycles. The lowest BCUT2D eigenvalue weighted by atomic mass is 10.0. The van der Waals surface area contributed by atoms with Crippen molar-refractivity contribution in [3.8, 4) is 0 Å². The SMILES string of the molecule is Cc1nc(C(=O)NC2(CBr)CCCC2)cs1. The second-order valence-corrected chi connectivity index (χ2v) is 5.95. The van der Waals surface area contributed by atoms with Gasteiger partial charge in [0.15, 0.2) is 0 Å². The topological polar surface area (TPSA) is 42.0 Å². The van der Waals surface area contributed by atoms with Crippen molar-refractivity contribution in [3.63, 3.8) is 0 Å². The Morgan fingerprint density at radius 1 is 1.62 bits per heavy atom. The lowest BCUT2D eigenvalue weighted by molar-refractivity contribution is 0.0906. The van der Waals surface area contributed by atoms with Crippen LogP contribution in [0.3, 0.4) is 0 Å². The van der Waals surface area contributed by atoms with Gasteiger partial charge in [-0.25, -0.2) is 4.98 Å². The summed E-state index contributed by atoms with van der Waals surface area (Å²) in [6.45, 7) is 1.91. The minimum atomic E-state index is -0.0470. The van der Waals surface area contributed by atoms with Crippen molar-refractivity contribution < 1.29 is 4.79 Å². The van der Waals surface area contributed by atoms with Crippen LogP contribution in [0.15, 0.2) is 5.38 Å². The van der Waals surface area contributed by atoms with Gasteiger partial charge < -0.3 is 5.32 Å². The first-order valence-electron chi connectivity index (χ1n) is 5.46. The maximum absolute atomic E-state index is 12.0. The zero-order chi connectivity index (χ0) is 11.6. The summed E-state index contributed by atoms with van der Waals surface area (Å²) < 4.78 is 0. The minimum absolute atomic E-state index is 0.0364. The highest BCUT2D eigenvalue weighted by molar-refractivity contribution is 9.09. The van der Waals surface area contributed by atoms with Crippen LogP contribution in [-0.2, 0) is 0 Å². The zero-order valence-corrected chi connectivity index (χ0v) is 11.7. The van der Waals surface area contributed by atoms with E-state index in [2.05, 4.69) is 26.2 Å². The molecule has 1 aromatic rings. The third-order valence-corrected chi connectivity index (χ3v) is 4.89. The molecule has 1 N–H and O–H groups in total. The molecule has 16 heavy (non-hydrogen) atoms. The first-order valence-corrected chi connectivity index (χ1v) is 7.46. The van der Waals surface area contributed by atoms with Crippen molar-refractivity contribution in [1.82, 2.24) is 10.3 Å². The Balaban J connectivity index is 2.06. The van der Waals surface area contributed by atoms with E-state index in [1.807, 2.05) is 12.3 Å². The van der Waals surface area contributed by atoms with Crippen LogP contribution < -0.4 is 5.32 Å². The summed E-state index contributed by atoms with van der Waals surface area (Å²) in [6.07, 6.45) is 4.52. The molecule has 5 heteroatoms. The average molecular weight is 303 g/mol. The molecule has 1 amide bonds. The maximum atomic E-state index is 12.0. The largest absolute Gasteiger partial charge is 0.344 e. The van der Waals surface area contributed by atoms with E-state index in [-0.39, 0.29) is 11.4 Å². The summed E-state index contributed by atoms with van der Waals surface area (Å²) in [5.74, 6) is -0.0364. The number of hydrogen-bond acceptors (Lipinski definition) is 3. The Labute approximate surface area is 108 Å². The number of halogens is 1. The van der Waals surface area contributed by atoms with E-state index < -0.39 is 0 Å². The molecule has 0 unspecified atom stereocenters. The van der Waals surface area contributed by atoms with Gasteiger partial charge in [0.2, 0.25) is 0 Å². The standard InChI is InChI=1S/C11H15BrN2OS/c1-8-13-9(6-16-8)10(15)14-11(7-12)4-2-3-5-11/h6H,2-5,7H2,1H3,(H,14,15). The number of carbonyl (C=O) groups excluding carboxylic acids is 1. The van der Waals surface area contributed by atoms with Crippen LogP contribution >= 0.6 is 27.3 Å². The molecule has 1 aliphatic rings. The maximum Gasteiger partial charge on any atom is 0.271 e. The quantitative estimate of drug-likeness (QED) is 0.872. The van der Waals surface area contributed by atoms with Crippen LogP contribution in [0.4, 0.5) is 0 Å². The molecule has 0 radical (unpaired) electrons. The summed E-state index contributed by atoms with van der Waals surface area (Å²) in [4.78, 5) is 16.2. The van der Waals surface area contributed by atoms with Crippen LogP contribution in [0, 0.1) is 6.92 Å². The minimum Gasteiger partial charge on any atom is -0.344 e. The number of hydrogen-bond donors (Lipinski definition) is 1. The molecule has 1 aromatic heterocycles. The van der Waals surface area contributed by atoms with E-state index in [1.165, 1.54) is 24.2 Å². The number of carbonyl (C=O) groups is 1. The first-order chi connectivity index (χ1) is 7.65. The smallest absolute Gasteiger partial charge is 0.271 e. The van der Waals surface area contributed by atoms with Crippen molar-refractivity contribution in [1.29, 1.82) is 0 Å². The summed E-state index contributed by atoms with van der Waals surface area (Å²) in [6, 6.07) is 0. The van der Waals surface area contributed by atoms with E-state index in [4.69, 9.17) is 0 Å². The highest BCUT2D eigenvalue weighted by Gasteiger charge is 2.34. The molecule has 1 fully saturated rings. The van der Waals surface area contributed by atoms with Crippen LogP contribution in [0.2, 0.25) is 0 Å². The molecule has 1 aliphatic carbocycles. The van der Waals surface area contributed by atoms with Gasteiger partial charge in [0.25, 0.3) is 5.91 Å². The molecule has 2 rings (SSSR count). The average Bonchev–Trinajstić information content (AvgIpc) is 2.88. The molecular weight excluding hydrogens is 288 g/mol. The molecular formula is C11H15BrN2OS. The fourth-order valence-corrected chi connectivity index (χ4v) is 3.41.